The van der Waals surface area contributed by atoms with Crippen LogP contribution in [0.3, 0.4) is 0 Å². The van der Waals surface area contributed by atoms with Crippen LogP contribution in [0.25, 0.3) is 11.5 Å². The summed E-state index contributed by atoms with van der Waals surface area (Å²) in [5.74, 6) is 0.515. The standard InChI is InChI=1S/C13H16Cl2N4/c1-4-5-9-11(14)17-13(18-12(9)15)10-6-16-7-19(10)8(2)3/h6-8H,4-5H2,1-3H3. The van der Waals surface area contributed by atoms with Crippen LogP contribution in [0.4, 0.5) is 0 Å². The molecule has 0 spiro atoms. The third-order valence-corrected chi connectivity index (χ3v) is 3.48. The molecule has 0 radical (unpaired) electrons. The minimum Gasteiger partial charge on any atom is -0.325 e. The normalized spacial score (nSPS) is 11.3. The lowest BCUT2D eigenvalue weighted by Gasteiger charge is -2.12. The van der Waals surface area contributed by atoms with Gasteiger partial charge in [-0.15, -0.1) is 0 Å². The van der Waals surface area contributed by atoms with Crippen LogP contribution >= 0.6 is 23.2 Å². The highest BCUT2D eigenvalue weighted by Gasteiger charge is 2.15. The zero-order valence-electron chi connectivity index (χ0n) is 11.2. The van der Waals surface area contributed by atoms with Crippen LogP contribution in [0, 0.1) is 0 Å². The second-order valence-electron chi connectivity index (χ2n) is 4.64. The van der Waals surface area contributed by atoms with Gasteiger partial charge in [-0.2, -0.15) is 0 Å². The minimum absolute atomic E-state index is 0.272. The fraction of sp³-hybridized carbons (Fsp3) is 0.462. The molecule has 0 saturated carbocycles. The zero-order valence-corrected chi connectivity index (χ0v) is 12.7. The molecular weight excluding hydrogens is 283 g/mol. The molecule has 0 bridgehead atoms. The number of imidazole rings is 1. The third kappa shape index (κ3) is 2.90. The van der Waals surface area contributed by atoms with Gasteiger partial charge in [0.15, 0.2) is 5.82 Å². The van der Waals surface area contributed by atoms with Gasteiger partial charge in [0.05, 0.1) is 12.5 Å². The Bertz CT molecular complexity index is 555. The first-order valence-electron chi connectivity index (χ1n) is 6.28. The molecule has 0 amide bonds. The average molecular weight is 299 g/mol. The lowest BCUT2D eigenvalue weighted by molar-refractivity contribution is 0.603. The van der Waals surface area contributed by atoms with Gasteiger partial charge in [0.1, 0.15) is 16.0 Å². The van der Waals surface area contributed by atoms with Crippen molar-refractivity contribution in [3.63, 3.8) is 0 Å². The van der Waals surface area contributed by atoms with E-state index in [1.165, 1.54) is 0 Å². The van der Waals surface area contributed by atoms with Crippen LogP contribution < -0.4 is 0 Å². The second kappa shape index (κ2) is 5.88. The number of nitrogens with zero attached hydrogens (tertiary/aromatic N) is 4. The maximum Gasteiger partial charge on any atom is 0.180 e. The molecule has 0 aliphatic heterocycles. The Hall–Kier alpha value is -1.13. The first-order chi connectivity index (χ1) is 9.04. The molecule has 0 N–H and O–H groups in total. The number of hydrogen-bond acceptors (Lipinski definition) is 3. The molecule has 0 saturated heterocycles. The molecule has 2 heterocycles. The Labute approximate surface area is 122 Å². The number of aromatic nitrogens is 4. The Balaban J connectivity index is 2.49. The Morgan fingerprint density at radius 1 is 1.21 bits per heavy atom. The molecule has 6 heteroatoms. The Morgan fingerprint density at radius 3 is 2.37 bits per heavy atom. The molecule has 2 rings (SSSR count). The van der Waals surface area contributed by atoms with Crippen molar-refractivity contribution in [1.29, 1.82) is 0 Å². The Morgan fingerprint density at radius 2 is 1.84 bits per heavy atom. The van der Waals surface area contributed by atoms with Crippen molar-refractivity contribution in [2.75, 3.05) is 0 Å². The summed E-state index contributed by atoms with van der Waals surface area (Å²) in [6.45, 7) is 6.20. The monoisotopic (exact) mass is 298 g/mol. The average Bonchev–Trinajstić information content (AvgIpc) is 2.82. The van der Waals surface area contributed by atoms with Crippen LogP contribution in [0.15, 0.2) is 12.5 Å². The van der Waals surface area contributed by atoms with Gasteiger partial charge in [0.25, 0.3) is 0 Å². The van der Waals surface area contributed by atoms with Crippen molar-refractivity contribution < 1.29 is 0 Å². The van der Waals surface area contributed by atoms with E-state index in [0.29, 0.717) is 16.1 Å². The number of halogens is 2. The summed E-state index contributed by atoms with van der Waals surface area (Å²) in [6.07, 6.45) is 5.21. The first kappa shape index (κ1) is 14.3. The van der Waals surface area contributed by atoms with Gasteiger partial charge in [0.2, 0.25) is 0 Å². The number of rotatable bonds is 4. The van der Waals surface area contributed by atoms with E-state index in [2.05, 4.69) is 35.7 Å². The van der Waals surface area contributed by atoms with Crippen LogP contribution in [-0.2, 0) is 6.42 Å². The maximum absolute atomic E-state index is 6.20. The number of hydrogen-bond donors (Lipinski definition) is 0. The molecule has 19 heavy (non-hydrogen) atoms. The zero-order chi connectivity index (χ0) is 14.0. The highest BCUT2D eigenvalue weighted by atomic mass is 35.5. The maximum atomic E-state index is 6.20. The summed E-state index contributed by atoms with van der Waals surface area (Å²) in [4.78, 5) is 12.8. The molecule has 0 fully saturated rings. The molecule has 2 aromatic heterocycles. The van der Waals surface area contributed by atoms with E-state index < -0.39 is 0 Å². The van der Waals surface area contributed by atoms with Crippen LogP contribution in [0.1, 0.15) is 38.8 Å². The van der Waals surface area contributed by atoms with E-state index in [1.807, 2.05) is 4.57 Å². The largest absolute Gasteiger partial charge is 0.325 e. The fourth-order valence-electron chi connectivity index (χ4n) is 1.89. The quantitative estimate of drug-likeness (QED) is 0.795. The topological polar surface area (TPSA) is 43.6 Å². The highest BCUT2D eigenvalue weighted by molar-refractivity contribution is 6.34. The van der Waals surface area contributed by atoms with Crippen molar-refractivity contribution in [1.82, 2.24) is 19.5 Å². The van der Waals surface area contributed by atoms with E-state index in [4.69, 9.17) is 23.2 Å². The molecule has 0 aliphatic carbocycles. The molecule has 102 valence electrons. The van der Waals surface area contributed by atoms with Gasteiger partial charge < -0.3 is 4.57 Å². The highest BCUT2D eigenvalue weighted by Crippen LogP contribution is 2.27. The molecule has 0 aliphatic rings. The SMILES string of the molecule is CCCc1c(Cl)nc(-c2cncn2C(C)C)nc1Cl. The van der Waals surface area contributed by atoms with Gasteiger partial charge in [-0.05, 0) is 20.3 Å². The van der Waals surface area contributed by atoms with E-state index in [-0.39, 0.29) is 6.04 Å². The van der Waals surface area contributed by atoms with Crippen molar-refractivity contribution in [2.24, 2.45) is 0 Å². The summed E-state index contributed by atoms with van der Waals surface area (Å²) in [6, 6.07) is 0.272. The van der Waals surface area contributed by atoms with Gasteiger partial charge in [-0.3, -0.25) is 0 Å². The van der Waals surface area contributed by atoms with Crippen LogP contribution in [-0.4, -0.2) is 19.5 Å². The summed E-state index contributed by atoms with van der Waals surface area (Å²) in [7, 11) is 0. The molecule has 0 unspecified atom stereocenters. The predicted octanol–water partition coefficient (Wildman–Crippen LogP) is 4.18. The molecule has 2 aromatic rings. The van der Waals surface area contributed by atoms with Gasteiger partial charge in [0, 0.05) is 11.6 Å². The van der Waals surface area contributed by atoms with E-state index in [9.17, 15) is 0 Å². The predicted molar refractivity (Wildman–Crippen MR) is 77.7 cm³/mol. The van der Waals surface area contributed by atoms with E-state index in [1.54, 1.807) is 12.5 Å². The molecule has 4 nitrogen and oxygen atoms in total. The van der Waals surface area contributed by atoms with Crippen molar-refractivity contribution in [3.8, 4) is 11.5 Å². The van der Waals surface area contributed by atoms with Gasteiger partial charge in [-0.25, -0.2) is 15.0 Å². The Kier molecular flexibility index (Phi) is 4.42. The van der Waals surface area contributed by atoms with E-state index in [0.717, 1.165) is 24.1 Å². The van der Waals surface area contributed by atoms with Crippen molar-refractivity contribution >= 4 is 23.2 Å². The first-order valence-corrected chi connectivity index (χ1v) is 7.04. The molecule has 0 atom stereocenters. The van der Waals surface area contributed by atoms with Gasteiger partial charge >= 0.3 is 0 Å². The molecular formula is C13H16Cl2N4. The van der Waals surface area contributed by atoms with E-state index >= 15 is 0 Å². The van der Waals surface area contributed by atoms with Crippen molar-refractivity contribution in [3.05, 3.63) is 28.4 Å². The lowest BCUT2D eigenvalue weighted by Crippen LogP contribution is -2.04. The third-order valence-electron chi connectivity index (χ3n) is 2.86. The smallest absolute Gasteiger partial charge is 0.180 e. The molecule has 0 aromatic carbocycles. The van der Waals surface area contributed by atoms with Crippen LogP contribution in [0.2, 0.25) is 10.3 Å². The minimum atomic E-state index is 0.272. The van der Waals surface area contributed by atoms with Crippen LogP contribution in [0.5, 0.6) is 0 Å². The summed E-state index contributed by atoms with van der Waals surface area (Å²) >= 11 is 12.4. The lowest BCUT2D eigenvalue weighted by atomic mass is 10.2. The fourth-order valence-corrected chi connectivity index (χ4v) is 2.47. The van der Waals surface area contributed by atoms with Gasteiger partial charge in [-0.1, -0.05) is 36.5 Å². The second-order valence-corrected chi connectivity index (χ2v) is 5.35. The summed E-state index contributed by atoms with van der Waals surface area (Å²) < 4.78 is 1.99. The summed E-state index contributed by atoms with van der Waals surface area (Å²) in [5.41, 5.74) is 1.63. The van der Waals surface area contributed by atoms with Crippen molar-refractivity contribution in [2.45, 2.75) is 39.7 Å². The summed E-state index contributed by atoms with van der Waals surface area (Å²) in [5, 5.41) is 0.849.